The molecule has 1 aliphatic heterocycles. The highest BCUT2D eigenvalue weighted by Crippen LogP contribution is 2.22. The summed E-state index contributed by atoms with van der Waals surface area (Å²) in [5.74, 6) is 0. The minimum absolute atomic E-state index is 0.00948. The molecule has 1 N–H and O–H groups in total. The van der Waals surface area contributed by atoms with Gasteiger partial charge in [0, 0.05) is 26.7 Å². The molecule has 0 atom stereocenters. The maximum absolute atomic E-state index is 12.3. The monoisotopic (exact) mass is 348 g/mol. The first kappa shape index (κ1) is 19.7. The van der Waals surface area contributed by atoms with Gasteiger partial charge in [-0.05, 0) is 29.4 Å². The number of carbonyl (C=O) groups is 1. The Labute approximate surface area is 151 Å². The van der Waals surface area contributed by atoms with E-state index in [9.17, 15) is 4.79 Å². The number of hydrogen-bond donors (Lipinski definition) is 1. The molecular weight excluding hydrogens is 316 g/mol. The molecule has 1 fully saturated rings. The Hall–Kier alpha value is -1.59. The van der Waals surface area contributed by atoms with E-state index in [1.54, 1.807) is 7.11 Å². The highest BCUT2D eigenvalue weighted by Gasteiger charge is 2.23. The van der Waals surface area contributed by atoms with Crippen molar-refractivity contribution in [2.75, 3.05) is 33.4 Å². The lowest BCUT2D eigenvalue weighted by Gasteiger charge is -2.32. The number of urea groups is 1. The first-order chi connectivity index (χ1) is 11.9. The van der Waals surface area contributed by atoms with E-state index in [-0.39, 0.29) is 17.6 Å². The van der Waals surface area contributed by atoms with Crippen molar-refractivity contribution >= 4 is 6.03 Å². The summed E-state index contributed by atoms with van der Waals surface area (Å²) in [6.07, 6.45) is 2.01. The minimum Gasteiger partial charge on any atom is -0.382 e. The van der Waals surface area contributed by atoms with E-state index in [2.05, 4.69) is 50.4 Å². The van der Waals surface area contributed by atoms with Crippen LogP contribution in [-0.4, -0.2) is 50.4 Å². The fourth-order valence-electron chi connectivity index (χ4n) is 2.94. The number of piperidine rings is 1. The van der Waals surface area contributed by atoms with Crippen LogP contribution in [0, 0.1) is 0 Å². The lowest BCUT2D eigenvalue weighted by atomic mass is 9.87. The van der Waals surface area contributed by atoms with E-state index < -0.39 is 0 Å². The van der Waals surface area contributed by atoms with Crippen LogP contribution in [0.5, 0.6) is 0 Å². The molecule has 0 aliphatic carbocycles. The summed E-state index contributed by atoms with van der Waals surface area (Å²) in [4.78, 5) is 14.2. The highest BCUT2D eigenvalue weighted by molar-refractivity contribution is 5.74. The lowest BCUT2D eigenvalue weighted by molar-refractivity contribution is -0.00920. The van der Waals surface area contributed by atoms with Crippen LogP contribution in [0.2, 0.25) is 0 Å². The van der Waals surface area contributed by atoms with Crippen molar-refractivity contribution in [1.82, 2.24) is 10.2 Å². The van der Waals surface area contributed by atoms with Crippen molar-refractivity contribution in [2.45, 2.75) is 51.7 Å². The second-order valence-electron chi connectivity index (χ2n) is 7.66. The molecule has 0 aromatic heterocycles. The summed E-state index contributed by atoms with van der Waals surface area (Å²) >= 11 is 0. The van der Waals surface area contributed by atoms with Gasteiger partial charge in [0.2, 0.25) is 0 Å². The molecular formula is C20H32N2O3. The minimum atomic E-state index is 0.00948. The molecule has 5 heteroatoms. The normalized spacial score (nSPS) is 16.1. The number of nitrogens with zero attached hydrogens (tertiary/aromatic N) is 1. The van der Waals surface area contributed by atoms with Crippen LogP contribution in [0.3, 0.4) is 0 Å². The Morgan fingerprint density at radius 2 is 1.80 bits per heavy atom. The Bertz CT molecular complexity index is 529. The lowest BCUT2D eigenvalue weighted by Crippen LogP contribution is -2.45. The quantitative estimate of drug-likeness (QED) is 0.803. The van der Waals surface area contributed by atoms with Crippen molar-refractivity contribution in [3.8, 4) is 0 Å². The summed E-state index contributed by atoms with van der Waals surface area (Å²) in [6, 6.07) is 8.48. The number of hydrogen-bond acceptors (Lipinski definition) is 3. The fraction of sp³-hybridized carbons (Fsp3) is 0.650. The molecule has 1 aliphatic rings. The van der Waals surface area contributed by atoms with E-state index >= 15 is 0 Å². The van der Waals surface area contributed by atoms with Gasteiger partial charge < -0.3 is 19.7 Å². The zero-order chi connectivity index (χ0) is 18.3. The Morgan fingerprint density at radius 3 is 2.36 bits per heavy atom. The number of amides is 2. The third-order valence-corrected chi connectivity index (χ3v) is 4.63. The molecule has 1 heterocycles. The summed E-state index contributed by atoms with van der Waals surface area (Å²) in [7, 11) is 1.67. The third-order valence-electron chi connectivity index (χ3n) is 4.63. The van der Waals surface area contributed by atoms with Gasteiger partial charge in [-0.3, -0.25) is 0 Å². The van der Waals surface area contributed by atoms with Crippen LogP contribution in [0.4, 0.5) is 4.79 Å². The van der Waals surface area contributed by atoms with Crippen molar-refractivity contribution in [1.29, 1.82) is 0 Å². The second-order valence-corrected chi connectivity index (χ2v) is 7.66. The summed E-state index contributed by atoms with van der Waals surface area (Å²) in [5.41, 5.74) is 2.58. The number of likely N-dealkylation sites (tertiary alicyclic amines) is 1. The van der Waals surface area contributed by atoms with E-state index in [0.717, 1.165) is 31.5 Å². The predicted molar refractivity (Wildman–Crippen MR) is 99.8 cm³/mol. The zero-order valence-corrected chi connectivity index (χ0v) is 16.0. The molecule has 2 rings (SSSR count). The van der Waals surface area contributed by atoms with E-state index in [4.69, 9.17) is 9.47 Å². The smallest absolute Gasteiger partial charge is 0.317 e. The molecule has 0 unspecified atom stereocenters. The number of benzene rings is 1. The van der Waals surface area contributed by atoms with Crippen LogP contribution >= 0.6 is 0 Å². The number of rotatable bonds is 6. The molecule has 140 valence electrons. The topological polar surface area (TPSA) is 50.8 Å². The number of ether oxygens (including phenoxy) is 2. The predicted octanol–water partition coefficient (Wildman–Crippen LogP) is 3.32. The molecule has 0 bridgehead atoms. The highest BCUT2D eigenvalue weighted by atomic mass is 16.5. The van der Waals surface area contributed by atoms with Crippen LogP contribution in [0.1, 0.15) is 44.7 Å². The molecule has 1 saturated heterocycles. The van der Waals surface area contributed by atoms with Gasteiger partial charge in [-0.1, -0.05) is 45.0 Å². The maximum atomic E-state index is 12.3. The molecule has 0 radical (unpaired) electrons. The summed E-state index contributed by atoms with van der Waals surface area (Å²) in [5, 5.41) is 3.02. The van der Waals surface area contributed by atoms with Gasteiger partial charge in [-0.2, -0.15) is 0 Å². The number of nitrogens with one attached hydrogen (secondary N) is 1. The van der Waals surface area contributed by atoms with Gasteiger partial charge in [0.05, 0.1) is 19.3 Å². The first-order valence-corrected chi connectivity index (χ1v) is 9.13. The van der Waals surface area contributed by atoms with E-state index in [0.29, 0.717) is 19.8 Å². The maximum Gasteiger partial charge on any atom is 0.317 e. The SMILES string of the molecule is COCCOC1CCN(C(=O)NCc2ccc(C(C)(C)C)cc2)CC1. The van der Waals surface area contributed by atoms with Crippen LogP contribution < -0.4 is 5.32 Å². The van der Waals surface area contributed by atoms with Crippen molar-refractivity contribution in [3.63, 3.8) is 0 Å². The van der Waals surface area contributed by atoms with Gasteiger partial charge in [-0.15, -0.1) is 0 Å². The van der Waals surface area contributed by atoms with Crippen molar-refractivity contribution < 1.29 is 14.3 Å². The van der Waals surface area contributed by atoms with E-state index in [1.807, 2.05) is 4.90 Å². The molecule has 5 nitrogen and oxygen atoms in total. The Morgan fingerprint density at radius 1 is 1.16 bits per heavy atom. The zero-order valence-electron chi connectivity index (χ0n) is 16.0. The third kappa shape index (κ3) is 6.33. The standard InChI is InChI=1S/C20H32N2O3/c1-20(2,3)17-7-5-16(6-8-17)15-21-19(23)22-11-9-18(10-12-22)25-14-13-24-4/h5-8,18H,9-15H2,1-4H3,(H,21,23). The van der Waals surface area contributed by atoms with Crippen LogP contribution in [-0.2, 0) is 21.4 Å². The molecule has 1 aromatic carbocycles. The molecule has 25 heavy (non-hydrogen) atoms. The summed E-state index contributed by atoms with van der Waals surface area (Å²) in [6.45, 7) is 9.89. The largest absolute Gasteiger partial charge is 0.382 e. The van der Waals surface area contributed by atoms with Crippen LogP contribution in [0.15, 0.2) is 24.3 Å². The fourth-order valence-corrected chi connectivity index (χ4v) is 2.94. The number of methoxy groups -OCH3 is 1. The van der Waals surface area contributed by atoms with Crippen molar-refractivity contribution in [3.05, 3.63) is 35.4 Å². The average Bonchev–Trinajstić information content (AvgIpc) is 2.60. The number of carbonyl (C=O) groups excluding carboxylic acids is 1. The molecule has 0 saturated carbocycles. The average molecular weight is 348 g/mol. The van der Waals surface area contributed by atoms with Gasteiger partial charge in [0.25, 0.3) is 0 Å². The molecule has 1 aromatic rings. The first-order valence-electron chi connectivity index (χ1n) is 9.13. The van der Waals surface area contributed by atoms with Gasteiger partial charge in [-0.25, -0.2) is 4.79 Å². The van der Waals surface area contributed by atoms with Gasteiger partial charge in [0.15, 0.2) is 0 Å². The van der Waals surface area contributed by atoms with Crippen molar-refractivity contribution in [2.24, 2.45) is 0 Å². The summed E-state index contributed by atoms with van der Waals surface area (Å²) < 4.78 is 10.7. The molecule has 2 amide bonds. The van der Waals surface area contributed by atoms with E-state index in [1.165, 1.54) is 5.56 Å². The molecule has 0 spiro atoms. The Kier molecular flexibility index (Phi) is 7.26. The van der Waals surface area contributed by atoms with Crippen LogP contribution in [0.25, 0.3) is 0 Å². The Balaban J connectivity index is 1.72. The van der Waals surface area contributed by atoms with Gasteiger partial charge >= 0.3 is 6.03 Å². The second kappa shape index (κ2) is 9.20. The van der Waals surface area contributed by atoms with Gasteiger partial charge in [0.1, 0.15) is 0 Å².